The normalized spacial score (nSPS) is 16.4. The van der Waals surface area contributed by atoms with Crippen LogP contribution in [0.5, 0.6) is 5.75 Å². The first-order valence-corrected chi connectivity index (χ1v) is 14.0. The molecule has 1 N–H and O–H groups in total. The molecule has 0 unspecified atom stereocenters. The van der Waals surface area contributed by atoms with Crippen LogP contribution in [0.4, 0.5) is 4.39 Å². The first-order chi connectivity index (χ1) is 19.0. The summed E-state index contributed by atoms with van der Waals surface area (Å²) in [7, 11) is 0. The molecule has 1 aliphatic heterocycles. The molecule has 1 aromatic heterocycles. The highest BCUT2D eigenvalue weighted by molar-refractivity contribution is 7.09. The van der Waals surface area contributed by atoms with Crippen LogP contribution in [0.2, 0.25) is 0 Å². The van der Waals surface area contributed by atoms with Crippen LogP contribution < -0.4 is 10.1 Å². The third-order valence-corrected chi connectivity index (χ3v) is 8.01. The first kappa shape index (κ1) is 25.2. The molecule has 39 heavy (non-hydrogen) atoms. The number of rotatable bonds is 8. The number of carbonyl (C=O) groups excluding carboxylic acids is 2. The first-order valence-electron chi connectivity index (χ1n) is 13.1. The molecule has 6 nitrogen and oxygen atoms in total. The van der Waals surface area contributed by atoms with Crippen molar-refractivity contribution < 1.29 is 18.7 Å². The van der Waals surface area contributed by atoms with Crippen molar-refractivity contribution in [3.05, 3.63) is 117 Å². The van der Waals surface area contributed by atoms with Crippen LogP contribution in [0.25, 0.3) is 0 Å². The number of halogens is 1. The van der Waals surface area contributed by atoms with Crippen LogP contribution in [0.15, 0.2) is 78.2 Å². The monoisotopic (exact) mass is 541 g/mol. The van der Waals surface area contributed by atoms with E-state index in [0.717, 1.165) is 36.0 Å². The van der Waals surface area contributed by atoms with Crippen molar-refractivity contribution in [1.29, 1.82) is 0 Å². The maximum atomic E-state index is 13.2. The van der Waals surface area contributed by atoms with Gasteiger partial charge in [0.1, 0.15) is 28.9 Å². The lowest BCUT2D eigenvalue weighted by molar-refractivity contribution is -0.134. The Balaban J connectivity index is 1.14. The summed E-state index contributed by atoms with van der Waals surface area (Å²) in [4.78, 5) is 32.2. The topological polar surface area (TPSA) is 71.5 Å². The van der Waals surface area contributed by atoms with Crippen LogP contribution in [0.3, 0.4) is 0 Å². The fourth-order valence-corrected chi connectivity index (χ4v) is 5.67. The molecule has 0 spiro atoms. The van der Waals surface area contributed by atoms with Gasteiger partial charge in [-0.3, -0.25) is 9.59 Å². The third-order valence-electron chi connectivity index (χ3n) is 7.18. The summed E-state index contributed by atoms with van der Waals surface area (Å²) in [6, 6.07) is 22.2. The molecule has 4 aromatic rings. The van der Waals surface area contributed by atoms with E-state index in [1.165, 1.54) is 29.0 Å². The summed E-state index contributed by atoms with van der Waals surface area (Å²) in [5.41, 5.74) is 4.55. The van der Waals surface area contributed by atoms with E-state index in [9.17, 15) is 14.0 Å². The van der Waals surface area contributed by atoms with Crippen molar-refractivity contribution >= 4 is 23.2 Å². The van der Waals surface area contributed by atoms with E-state index in [0.29, 0.717) is 29.5 Å². The molecule has 2 aliphatic rings. The molecule has 0 saturated heterocycles. The van der Waals surface area contributed by atoms with Crippen molar-refractivity contribution in [2.24, 2.45) is 5.92 Å². The van der Waals surface area contributed by atoms with Gasteiger partial charge in [0.15, 0.2) is 0 Å². The zero-order chi connectivity index (χ0) is 26.8. The molecule has 1 fully saturated rings. The molecule has 3 aromatic carbocycles. The molecule has 1 aliphatic carbocycles. The minimum Gasteiger partial charge on any atom is -0.486 e. The van der Waals surface area contributed by atoms with Gasteiger partial charge in [-0.15, -0.1) is 11.3 Å². The number of hydrogen-bond donors (Lipinski definition) is 1. The summed E-state index contributed by atoms with van der Waals surface area (Å²) in [5.74, 6) is 0.500. The van der Waals surface area contributed by atoms with E-state index in [4.69, 9.17) is 4.74 Å². The Morgan fingerprint density at radius 2 is 1.85 bits per heavy atom. The Kier molecular flexibility index (Phi) is 7.11. The molecular formula is C31H28FN3O3S. The number of amides is 2. The highest BCUT2D eigenvalue weighted by Crippen LogP contribution is 2.41. The Labute approximate surface area is 230 Å². The molecule has 2 amide bonds. The van der Waals surface area contributed by atoms with E-state index < -0.39 is 0 Å². The number of hydrogen-bond acceptors (Lipinski definition) is 5. The number of benzene rings is 3. The Morgan fingerprint density at radius 3 is 2.62 bits per heavy atom. The van der Waals surface area contributed by atoms with E-state index >= 15 is 0 Å². The minimum absolute atomic E-state index is 0.136. The maximum absolute atomic E-state index is 13.2. The van der Waals surface area contributed by atoms with Gasteiger partial charge in [0.2, 0.25) is 5.91 Å². The van der Waals surface area contributed by atoms with E-state index in [-0.39, 0.29) is 36.2 Å². The highest BCUT2D eigenvalue weighted by atomic mass is 32.1. The second-order valence-corrected chi connectivity index (χ2v) is 10.9. The quantitative estimate of drug-likeness (QED) is 0.312. The summed E-state index contributed by atoms with van der Waals surface area (Å²) < 4.78 is 19.2. The molecule has 8 heteroatoms. The highest BCUT2D eigenvalue weighted by Gasteiger charge is 2.39. The Morgan fingerprint density at radius 1 is 1.05 bits per heavy atom. The molecule has 198 valence electrons. The number of fused-ring (bicyclic) bond motifs is 1. The standard InChI is InChI=1S/C31H28FN3O3S/c32-24-11-6-20(7-12-24)17-33-30(36)27-19-39-28(34-27)18-38-25-13-10-21-14-15-35(31(37)23-8-9-23)29(26(21)16-25)22-4-2-1-3-5-22/h1-7,10-13,16,19,23,29H,8-9,14-15,17-18H2,(H,33,36)/t29-/m0/s1. The third kappa shape index (κ3) is 5.71. The van der Waals surface area contributed by atoms with E-state index in [1.54, 1.807) is 17.5 Å². The second-order valence-electron chi connectivity index (χ2n) is 9.95. The van der Waals surface area contributed by atoms with Gasteiger partial charge in [-0.2, -0.15) is 0 Å². The number of nitrogens with one attached hydrogen (secondary N) is 1. The fraction of sp³-hybridized carbons (Fsp3) is 0.258. The summed E-state index contributed by atoms with van der Waals surface area (Å²) in [6.45, 7) is 1.24. The predicted molar refractivity (Wildman–Crippen MR) is 147 cm³/mol. The molecule has 2 heterocycles. The van der Waals surface area contributed by atoms with Crippen molar-refractivity contribution in [1.82, 2.24) is 15.2 Å². The maximum Gasteiger partial charge on any atom is 0.271 e. The smallest absolute Gasteiger partial charge is 0.271 e. The number of ether oxygens (including phenoxy) is 1. The van der Waals surface area contributed by atoms with Crippen LogP contribution in [0, 0.1) is 11.7 Å². The van der Waals surface area contributed by atoms with Crippen molar-refractivity contribution in [3.63, 3.8) is 0 Å². The van der Waals surface area contributed by atoms with Crippen LogP contribution >= 0.6 is 11.3 Å². The Bertz CT molecular complexity index is 1480. The lowest BCUT2D eigenvalue weighted by atomic mass is 9.87. The lowest BCUT2D eigenvalue weighted by Crippen LogP contribution is -2.41. The summed E-state index contributed by atoms with van der Waals surface area (Å²) >= 11 is 1.36. The van der Waals surface area contributed by atoms with Gasteiger partial charge in [-0.1, -0.05) is 48.5 Å². The van der Waals surface area contributed by atoms with Crippen molar-refractivity contribution in [2.75, 3.05) is 6.54 Å². The largest absolute Gasteiger partial charge is 0.486 e. The Hall–Kier alpha value is -4.04. The van der Waals surface area contributed by atoms with Crippen LogP contribution in [0.1, 0.15) is 56.6 Å². The number of nitrogens with zero attached hydrogens (tertiary/aromatic N) is 2. The van der Waals surface area contributed by atoms with Crippen molar-refractivity contribution in [3.8, 4) is 5.75 Å². The van der Waals surface area contributed by atoms with Crippen LogP contribution in [-0.4, -0.2) is 28.2 Å². The fourth-order valence-electron chi connectivity index (χ4n) is 4.98. The van der Waals surface area contributed by atoms with Gasteiger partial charge >= 0.3 is 0 Å². The molecule has 1 atom stereocenters. The minimum atomic E-state index is -0.312. The lowest BCUT2D eigenvalue weighted by Gasteiger charge is -2.38. The van der Waals surface area contributed by atoms with E-state index in [2.05, 4.69) is 28.5 Å². The zero-order valence-electron chi connectivity index (χ0n) is 21.3. The molecule has 1 saturated carbocycles. The van der Waals surface area contributed by atoms with Gasteiger partial charge in [-0.05, 0) is 65.8 Å². The number of carbonyl (C=O) groups is 2. The second kappa shape index (κ2) is 11.0. The predicted octanol–water partition coefficient (Wildman–Crippen LogP) is 5.68. The molecule has 6 rings (SSSR count). The van der Waals surface area contributed by atoms with Gasteiger partial charge < -0.3 is 15.0 Å². The number of thiazole rings is 1. The van der Waals surface area contributed by atoms with Crippen LogP contribution in [-0.2, 0) is 24.4 Å². The van der Waals surface area contributed by atoms with Gasteiger partial charge in [0, 0.05) is 24.4 Å². The SMILES string of the molecule is O=C(NCc1ccc(F)cc1)c1csc(COc2ccc3c(c2)[C@H](c2ccccc2)N(C(=O)C2CC2)CC3)n1. The zero-order valence-corrected chi connectivity index (χ0v) is 22.1. The molecule has 0 bridgehead atoms. The number of aromatic nitrogens is 1. The van der Waals surface area contributed by atoms with E-state index in [1.807, 2.05) is 35.2 Å². The van der Waals surface area contributed by atoms with Gasteiger partial charge in [0.25, 0.3) is 5.91 Å². The average molecular weight is 542 g/mol. The summed E-state index contributed by atoms with van der Waals surface area (Å²) in [5, 5.41) is 5.20. The average Bonchev–Trinajstić information content (AvgIpc) is 3.72. The van der Waals surface area contributed by atoms with Gasteiger partial charge in [0.05, 0.1) is 6.04 Å². The molecule has 0 radical (unpaired) electrons. The van der Waals surface area contributed by atoms with Crippen molar-refractivity contribution in [2.45, 2.75) is 38.5 Å². The van der Waals surface area contributed by atoms with Gasteiger partial charge in [-0.25, -0.2) is 9.37 Å². The molecular weight excluding hydrogens is 513 g/mol. The summed E-state index contributed by atoms with van der Waals surface area (Å²) in [6.07, 6.45) is 2.78.